The van der Waals surface area contributed by atoms with Gasteiger partial charge in [0.05, 0.1) is 11.2 Å². The van der Waals surface area contributed by atoms with E-state index in [0.29, 0.717) is 0 Å². The summed E-state index contributed by atoms with van der Waals surface area (Å²) in [6, 6.07) is 14.9. The van der Waals surface area contributed by atoms with Crippen molar-refractivity contribution in [3.8, 4) is 0 Å². The Balaban J connectivity index is 2.30. The number of rotatable bonds is 4. The molecule has 0 unspecified atom stereocenters. The third-order valence-electron chi connectivity index (χ3n) is 3.68. The topological polar surface area (TPSA) is 12.9 Å². The second-order valence-corrected chi connectivity index (χ2v) is 6.76. The van der Waals surface area contributed by atoms with E-state index in [1.807, 2.05) is 24.3 Å². The Kier molecular flexibility index (Phi) is 4.49. The van der Waals surface area contributed by atoms with Gasteiger partial charge in [-0.25, -0.2) is 4.39 Å². The van der Waals surface area contributed by atoms with E-state index < -0.39 is 0 Å². The van der Waals surface area contributed by atoms with Gasteiger partial charge < -0.3 is 0 Å². The van der Waals surface area contributed by atoms with Gasteiger partial charge in [0.25, 0.3) is 0 Å². The number of benzene rings is 2. The summed E-state index contributed by atoms with van der Waals surface area (Å²) in [5, 5.41) is 0.832. The first kappa shape index (κ1) is 15.8. The molecule has 0 radical (unpaired) electrons. The number of nitrogens with zero attached hydrogens (tertiary/aromatic N) is 1. The monoisotopic (exact) mass is 323 g/mol. The molecule has 0 bridgehead atoms. The SMILES string of the molecule is C=Cc1c(C(C)C)nc2ccc(F)cc2c1Sc1ccccc1. The van der Waals surface area contributed by atoms with Crippen LogP contribution in [0, 0.1) is 5.82 Å². The van der Waals surface area contributed by atoms with Crippen molar-refractivity contribution >= 4 is 28.7 Å². The van der Waals surface area contributed by atoms with E-state index in [1.165, 1.54) is 6.07 Å². The van der Waals surface area contributed by atoms with Crippen LogP contribution < -0.4 is 0 Å². The van der Waals surface area contributed by atoms with E-state index >= 15 is 0 Å². The number of pyridine rings is 1. The molecule has 116 valence electrons. The zero-order valence-electron chi connectivity index (χ0n) is 13.2. The Morgan fingerprint density at radius 1 is 1.13 bits per heavy atom. The molecule has 3 aromatic rings. The number of aromatic nitrogens is 1. The van der Waals surface area contributed by atoms with Crippen molar-refractivity contribution in [2.45, 2.75) is 29.6 Å². The Morgan fingerprint density at radius 2 is 1.87 bits per heavy atom. The number of hydrogen-bond donors (Lipinski definition) is 0. The average molecular weight is 323 g/mol. The molecule has 3 heteroatoms. The van der Waals surface area contributed by atoms with Crippen LogP contribution in [0.3, 0.4) is 0 Å². The van der Waals surface area contributed by atoms with Gasteiger partial charge in [-0.3, -0.25) is 4.98 Å². The molecule has 0 saturated carbocycles. The lowest BCUT2D eigenvalue weighted by Crippen LogP contribution is -2.00. The third kappa shape index (κ3) is 3.15. The van der Waals surface area contributed by atoms with Crippen LogP contribution in [-0.4, -0.2) is 4.98 Å². The Bertz CT molecular complexity index is 856. The first-order valence-corrected chi connectivity index (χ1v) is 8.40. The van der Waals surface area contributed by atoms with Crippen molar-refractivity contribution in [2.24, 2.45) is 0 Å². The molecule has 0 N–H and O–H groups in total. The molecule has 3 rings (SSSR count). The predicted molar refractivity (Wildman–Crippen MR) is 96.4 cm³/mol. The number of halogens is 1. The van der Waals surface area contributed by atoms with Gasteiger partial charge in [0.2, 0.25) is 0 Å². The fourth-order valence-electron chi connectivity index (χ4n) is 2.59. The van der Waals surface area contributed by atoms with Crippen LogP contribution in [-0.2, 0) is 0 Å². The molecular weight excluding hydrogens is 305 g/mol. The standard InChI is InChI=1S/C20H18FNS/c1-4-16-19(13(2)3)22-18-11-10-14(21)12-17(18)20(16)23-15-8-6-5-7-9-15/h4-13H,1H2,2-3H3. The van der Waals surface area contributed by atoms with E-state index in [1.54, 1.807) is 23.9 Å². The van der Waals surface area contributed by atoms with Gasteiger partial charge in [-0.05, 0) is 36.2 Å². The van der Waals surface area contributed by atoms with Gasteiger partial charge in [0.15, 0.2) is 0 Å². The molecule has 0 aliphatic heterocycles. The van der Waals surface area contributed by atoms with E-state index in [0.717, 1.165) is 32.0 Å². The molecule has 0 spiro atoms. The molecule has 1 heterocycles. The summed E-state index contributed by atoms with van der Waals surface area (Å²) in [7, 11) is 0. The van der Waals surface area contributed by atoms with Crippen molar-refractivity contribution in [2.75, 3.05) is 0 Å². The summed E-state index contributed by atoms with van der Waals surface area (Å²) < 4.78 is 13.8. The van der Waals surface area contributed by atoms with Crippen LogP contribution in [0.2, 0.25) is 0 Å². The van der Waals surface area contributed by atoms with Crippen LogP contribution >= 0.6 is 11.8 Å². The van der Waals surface area contributed by atoms with Crippen molar-refractivity contribution in [1.82, 2.24) is 4.98 Å². The highest BCUT2D eigenvalue weighted by Crippen LogP contribution is 2.39. The minimum atomic E-state index is -0.249. The van der Waals surface area contributed by atoms with Gasteiger partial charge in [-0.15, -0.1) is 0 Å². The number of hydrogen-bond acceptors (Lipinski definition) is 2. The van der Waals surface area contributed by atoms with Crippen LogP contribution in [0.5, 0.6) is 0 Å². The van der Waals surface area contributed by atoms with Crippen molar-refractivity contribution in [3.63, 3.8) is 0 Å². The first-order chi connectivity index (χ1) is 11.1. The zero-order valence-corrected chi connectivity index (χ0v) is 14.0. The second-order valence-electron chi connectivity index (χ2n) is 5.68. The third-order valence-corrected chi connectivity index (χ3v) is 4.83. The van der Waals surface area contributed by atoms with Crippen molar-refractivity contribution in [1.29, 1.82) is 0 Å². The largest absolute Gasteiger partial charge is 0.252 e. The Labute approximate surface area is 140 Å². The maximum Gasteiger partial charge on any atom is 0.124 e. The molecule has 0 aliphatic rings. The molecule has 0 fully saturated rings. The zero-order chi connectivity index (χ0) is 16.4. The molecule has 23 heavy (non-hydrogen) atoms. The second kappa shape index (κ2) is 6.55. The predicted octanol–water partition coefficient (Wildman–Crippen LogP) is 6.29. The number of fused-ring (bicyclic) bond motifs is 1. The summed E-state index contributed by atoms with van der Waals surface area (Å²) in [5.41, 5.74) is 2.81. The van der Waals surface area contributed by atoms with Gasteiger partial charge in [-0.1, -0.05) is 56.5 Å². The van der Waals surface area contributed by atoms with E-state index in [9.17, 15) is 4.39 Å². The fourth-order valence-corrected chi connectivity index (χ4v) is 3.69. The van der Waals surface area contributed by atoms with Crippen LogP contribution in [0.25, 0.3) is 17.0 Å². The lowest BCUT2D eigenvalue weighted by molar-refractivity contribution is 0.629. The van der Waals surface area contributed by atoms with E-state index in [4.69, 9.17) is 4.98 Å². The van der Waals surface area contributed by atoms with Crippen LogP contribution in [0.1, 0.15) is 31.0 Å². The average Bonchev–Trinajstić information content (AvgIpc) is 2.55. The smallest absolute Gasteiger partial charge is 0.124 e. The van der Waals surface area contributed by atoms with E-state index in [-0.39, 0.29) is 11.7 Å². The first-order valence-electron chi connectivity index (χ1n) is 7.58. The van der Waals surface area contributed by atoms with Crippen molar-refractivity contribution < 1.29 is 4.39 Å². The molecule has 2 aromatic carbocycles. The highest BCUT2D eigenvalue weighted by molar-refractivity contribution is 7.99. The summed E-state index contributed by atoms with van der Waals surface area (Å²) in [6.45, 7) is 8.18. The molecule has 0 atom stereocenters. The molecule has 1 nitrogen and oxygen atoms in total. The minimum Gasteiger partial charge on any atom is -0.252 e. The van der Waals surface area contributed by atoms with E-state index in [2.05, 4.69) is 32.6 Å². The highest BCUT2D eigenvalue weighted by atomic mass is 32.2. The Morgan fingerprint density at radius 3 is 2.52 bits per heavy atom. The lowest BCUT2D eigenvalue weighted by Gasteiger charge is -2.16. The van der Waals surface area contributed by atoms with Crippen molar-refractivity contribution in [3.05, 3.63) is 72.2 Å². The summed E-state index contributed by atoms with van der Waals surface area (Å²) >= 11 is 1.63. The maximum atomic E-state index is 13.8. The van der Waals surface area contributed by atoms with Crippen LogP contribution in [0.4, 0.5) is 4.39 Å². The molecular formula is C20H18FNS. The van der Waals surface area contributed by atoms with Gasteiger partial charge >= 0.3 is 0 Å². The van der Waals surface area contributed by atoms with Gasteiger partial charge in [-0.2, -0.15) is 0 Å². The van der Waals surface area contributed by atoms with Crippen LogP contribution in [0.15, 0.2) is 64.9 Å². The normalized spacial score (nSPS) is 11.1. The molecule has 0 amide bonds. The molecule has 1 aromatic heterocycles. The van der Waals surface area contributed by atoms with Gasteiger partial charge in [0.1, 0.15) is 5.82 Å². The molecule has 0 aliphatic carbocycles. The lowest BCUT2D eigenvalue weighted by atomic mass is 10.0. The summed E-state index contributed by atoms with van der Waals surface area (Å²) in [6.07, 6.45) is 1.83. The van der Waals surface area contributed by atoms with Gasteiger partial charge in [0, 0.05) is 20.7 Å². The summed E-state index contributed by atoms with van der Waals surface area (Å²) in [5.74, 6) is 0.0223. The summed E-state index contributed by atoms with van der Waals surface area (Å²) in [4.78, 5) is 6.86. The Hall–Kier alpha value is -2.13. The molecule has 0 saturated heterocycles. The minimum absolute atomic E-state index is 0.249. The quantitative estimate of drug-likeness (QED) is 0.559. The highest BCUT2D eigenvalue weighted by Gasteiger charge is 2.16. The maximum absolute atomic E-state index is 13.8. The fraction of sp³-hybridized carbons (Fsp3) is 0.150.